The maximum atomic E-state index is 11.8. The summed E-state index contributed by atoms with van der Waals surface area (Å²) in [7, 11) is 0. The van der Waals surface area contributed by atoms with Crippen molar-refractivity contribution in [2.45, 2.75) is 39.2 Å². The Morgan fingerprint density at radius 2 is 1.88 bits per heavy atom. The number of halogens is 1. The van der Waals surface area contributed by atoms with Crippen molar-refractivity contribution in [2.24, 2.45) is 0 Å². The number of unbranched alkanes of at least 4 members (excludes halogenated alkanes) is 1. The first-order valence-corrected chi connectivity index (χ1v) is 9.41. The number of rotatable bonds is 13. The SMILES string of the molecule is CCCCOCCC(=O)CNc1ccc(COC(=O)CCBr)cc1. The molecule has 0 aliphatic rings. The molecule has 1 rings (SSSR count). The van der Waals surface area contributed by atoms with Crippen LogP contribution in [0.15, 0.2) is 24.3 Å². The van der Waals surface area contributed by atoms with E-state index in [4.69, 9.17) is 9.47 Å². The summed E-state index contributed by atoms with van der Waals surface area (Å²) in [5.74, 6) is -0.0971. The van der Waals surface area contributed by atoms with Crippen molar-refractivity contribution < 1.29 is 19.1 Å². The number of hydrogen-bond donors (Lipinski definition) is 1. The Kier molecular flexibility index (Phi) is 11.1. The summed E-state index contributed by atoms with van der Waals surface area (Å²) >= 11 is 3.20. The third-order valence-electron chi connectivity index (χ3n) is 3.31. The molecule has 0 spiro atoms. The minimum Gasteiger partial charge on any atom is -0.461 e. The van der Waals surface area contributed by atoms with Crippen molar-refractivity contribution in [3.8, 4) is 0 Å². The lowest BCUT2D eigenvalue weighted by molar-refractivity contribution is -0.144. The molecule has 5 nitrogen and oxygen atoms in total. The van der Waals surface area contributed by atoms with Crippen molar-refractivity contribution in [1.29, 1.82) is 0 Å². The van der Waals surface area contributed by atoms with E-state index in [9.17, 15) is 9.59 Å². The number of carbonyl (C=O) groups is 2. The van der Waals surface area contributed by atoms with Crippen LogP contribution in [0, 0.1) is 0 Å². The standard InChI is InChI=1S/C18H26BrNO4/c1-2-3-11-23-12-9-17(21)13-20-16-6-4-15(5-7-16)14-24-18(22)8-10-19/h4-7,20H,2-3,8-14H2,1H3. The summed E-state index contributed by atoms with van der Waals surface area (Å²) in [5, 5.41) is 3.69. The van der Waals surface area contributed by atoms with E-state index in [1.54, 1.807) is 0 Å². The first-order valence-electron chi connectivity index (χ1n) is 8.29. The van der Waals surface area contributed by atoms with Gasteiger partial charge in [0.25, 0.3) is 0 Å². The fourth-order valence-corrected chi connectivity index (χ4v) is 2.18. The van der Waals surface area contributed by atoms with Crippen molar-refractivity contribution in [3.05, 3.63) is 29.8 Å². The fraction of sp³-hybridized carbons (Fsp3) is 0.556. The lowest BCUT2D eigenvalue weighted by atomic mass is 10.2. The van der Waals surface area contributed by atoms with Crippen LogP contribution in [0.25, 0.3) is 0 Å². The van der Waals surface area contributed by atoms with Gasteiger partial charge in [0.1, 0.15) is 6.61 Å². The van der Waals surface area contributed by atoms with Gasteiger partial charge in [0.05, 0.1) is 19.6 Å². The van der Waals surface area contributed by atoms with Crippen LogP contribution < -0.4 is 5.32 Å². The Balaban J connectivity index is 2.21. The number of Topliss-reactive ketones (excluding diaryl/α,β-unsaturated/α-hetero) is 1. The number of carbonyl (C=O) groups excluding carboxylic acids is 2. The molecule has 0 unspecified atom stereocenters. The number of ketones is 1. The topological polar surface area (TPSA) is 64.6 Å². The van der Waals surface area contributed by atoms with Gasteiger partial charge in [0.15, 0.2) is 5.78 Å². The maximum Gasteiger partial charge on any atom is 0.306 e. The summed E-state index contributed by atoms with van der Waals surface area (Å²) in [6.45, 7) is 3.87. The van der Waals surface area contributed by atoms with E-state index in [0.717, 1.165) is 30.7 Å². The molecule has 6 heteroatoms. The Hall–Kier alpha value is -1.40. The highest BCUT2D eigenvalue weighted by molar-refractivity contribution is 9.09. The Morgan fingerprint density at radius 1 is 1.12 bits per heavy atom. The van der Waals surface area contributed by atoms with Crippen LogP contribution >= 0.6 is 15.9 Å². The van der Waals surface area contributed by atoms with Gasteiger partial charge in [-0.05, 0) is 24.1 Å². The third-order valence-corrected chi connectivity index (χ3v) is 3.71. The molecule has 0 fully saturated rings. The summed E-state index contributed by atoms with van der Waals surface area (Å²) in [5.41, 5.74) is 1.78. The molecule has 0 radical (unpaired) electrons. The van der Waals surface area contributed by atoms with E-state index in [1.165, 1.54) is 0 Å². The highest BCUT2D eigenvalue weighted by atomic mass is 79.9. The molecular weight excluding hydrogens is 374 g/mol. The first-order chi connectivity index (χ1) is 11.7. The molecule has 24 heavy (non-hydrogen) atoms. The number of anilines is 1. The van der Waals surface area contributed by atoms with E-state index in [1.807, 2.05) is 24.3 Å². The molecule has 0 bridgehead atoms. The molecule has 1 aromatic rings. The van der Waals surface area contributed by atoms with E-state index < -0.39 is 0 Å². The second-order valence-corrected chi connectivity index (χ2v) is 6.20. The van der Waals surface area contributed by atoms with Gasteiger partial charge in [-0.15, -0.1) is 0 Å². The smallest absolute Gasteiger partial charge is 0.306 e. The van der Waals surface area contributed by atoms with Crippen LogP contribution in [0.5, 0.6) is 0 Å². The van der Waals surface area contributed by atoms with Crippen LogP contribution in [-0.2, 0) is 25.7 Å². The van der Waals surface area contributed by atoms with E-state index in [0.29, 0.717) is 24.8 Å². The van der Waals surface area contributed by atoms with Gasteiger partial charge in [0.2, 0.25) is 0 Å². The molecule has 0 atom stereocenters. The minimum absolute atomic E-state index is 0.124. The zero-order chi connectivity index (χ0) is 17.6. The summed E-state index contributed by atoms with van der Waals surface area (Å²) in [6.07, 6.45) is 2.92. The van der Waals surface area contributed by atoms with Crippen LogP contribution in [0.2, 0.25) is 0 Å². The molecular formula is C18H26BrNO4. The zero-order valence-corrected chi connectivity index (χ0v) is 15.8. The molecule has 0 aromatic heterocycles. The van der Waals surface area contributed by atoms with Crippen LogP contribution in [0.4, 0.5) is 5.69 Å². The second kappa shape index (κ2) is 13.0. The third kappa shape index (κ3) is 9.67. The monoisotopic (exact) mass is 399 g/mol. The molecule has 0 heterocycles. The van der Waals surface area contributed by atoms with Gasteiger partial charge in [-0.1, -0.05) is 41.4 Å². The van der Waals surface area contributed by atoms with Gasteiger partial charge < -0.3 is 14.8 Å². The summed E-state index contributed by atoms with van der Waals surface area (Å²) in [6, 6.07) is 7.50. The van der Waals surface area contributed by atoms with Gasteiger partial charge in [-0.2, -0.15) is 0 Å². The first kappa shape index (κ1) is 20.6. The maximum absolute atomic E-state index is 11.8. The van der Waals surface area contributed by atoms with E-state index in [-0.39, 0.29) is 24.9 Å². The van der Waals surface area contributed by atoms with Crippen LogP contribution in [-0.4, -0.2) is 36.8 Å². The second-order valence-electron chi connectivity index (χ2n) is 5.40. The molecule has 0 saturated carbocycles. The fourth-order valence-electron chi connectivity index (χ4n) is 1.86. The van der Waals surface area contributed by atoms with Gasteiger partial charge in [-0.25, -0.2) is 0 Å². The highest BCUT2D eigenvalue weighted by Gasteiger charge is 2.04. The molecule has 0 aliphatic carbocycles. The van der Waals surface area contributed by atoms with Crippen molar-refractivity contribution in [3.63, 3.8) is 0 Å². The lowest BCUT2D eigenvalue weighted by Crippen LogP contribution is -2.15. The van der Waals surface area contributed by atoms with Gasteiger partial charge in [0, 0.05) is 24.0 Å². The van der Waals surface area contributed by atoms with E-state index in [2.05, 4.69) is 28.2 Å². The number of hydrogen-bond acceptors (Lipinski definition) is 5. The van der Waals surface area contributed by atoms with Crippen molar-refractivity contribution in [2.75, 3.05) is 30.4 Å². The van der Waals surface area contributed by atoms with Gasteiger partial charge >= 0.3 is 5.97 Å². The average Bonchev–Trinajstić information content (AvgIpc) is 2.59. The molecule has 0 amide bonds. The summed E-state index contributed by atoms with van der Waals surface area (Å²) in [4.78, 5) is 23.0. The average molecular weight is 400 g/mol. The molecule has 1 aromatic carbocycles. The summed E-state index contributed by atoms with van der Waals surface area (Å²) < 4.78 is 10.5. The molecule has 0 aliphatic heterocycles. The number of nitrogens with one attached hydrogen (secondary N) is 1. The quantitative estimate of drug-likeness (QED) is 0.311. The van der Waals surface area contributed by atoms with Crippen molar-refractivity contribution >= 4 is 33.4 Å². The highest BCUT2D eigenvalue weighted by Crippen LogP contribution is 2.11. The predicted octanol–water partition coefficient (Wildman–Crippen LogP) is 3.70. The Morgan fingerprint density at radius 3 is 2.54 bits per heavy atom. The molecule has 0 saturated heterocycles. The Labute approximate surface area is 152 Å². The van der Waals surface area contributed by atoms with Crippen molar-refractivity contribution in [1.82, 2.24) is 0 Å². The van der Waals surface area contributed by atoms with Gasteiger partial charge in [-0.3, -0.25) is 9.59 Å². The van der Waals surface area contributed by atoms with Crippen LogP contribution in [0.1, 0.15) is 38.2 Å². The Bertz CT molecular complexity index is 490. The number of ether oxygens (including phenoxy) is 2. The normalized spacial score (nSPS) is 10.4. The minimum atomic E-state index is -0.221. The molecule has 1 N–H and O–H groups in total. The van der Waals surface area contributed by atoms with Crippen LogP contribution in [0.3, 0.4) is 0 Å². The molecule has 134 valence electrons. The lowest BCUT2D eigenvalue weighted by Gasteiger charge is -2.08. The number of esters is 1. The zero-order valence-electron chi connectivity index (χ0n) is 14.2. The largest absolute Gasteiger partial charge is 0.461 e. The number of alkyl halides is 1. The number of benzene rings is 1. The van der Waals surface area contributed by atoms with E-state index >= 15 is 0 Å². The predicted molar refractivity (Wildman–Crippen MR) is 98.5 cm³/mol.